The first-order chi connectivity index (χ1) is 10.7. The molecular formula is C17H24N2O4. The van der Waals surface area contributed by atoms with Crippen LogP contribution in [-0.4, -0.2) is 46.6 Å². The number of aromatic nitrogens is 1. The largest absolute Gasteiger partial charge is 0.488 e. The molecule has 1 aromatic rings. The van der Waals surface area contributed by atoms with Crippen LogP contribution in [0.5, 0.6) is 5.75 Å². The maximum absolute atomic E-state index is 12.2. The smallest absolute Gasteiger partial charge is 0.410 e. The van der Waals surface area contributed by atoms with E-state index in [1.54, 1.807) is 17.0 Å². The van der Waals surface area contributed by atoms with Crippen molar-refractivity contribution in [3.63, 3.8) is 0 Å². The molecule has 6 heteroatoms. The second-order valence-electron chi connectivity index (χ2n) is 6.94. The van der Waals surface area contributed by atoms with Gasteiger partial charge in [-0.15, -0.1) is 0 Å². The maximum Gasteiger partial charge on any atom is 0.410 e. The van der Waals surface area contributed by atoms with Crippen molar-refractivity contribution >= 4 is 12.4 Å². The van der Waals surface area contributed by atoms with E-state index in [1.807, 2.05) is 34.6 Å². The van der Waals surface area contributed by atoms with Gasteiger partial charge < -0.3 is 14.4 Å². The Morgan fingerprint density at radius 3 is 2.70 bits per heavy atom. The van der Waals surface area contributed by atoms with Gasteiger partial charge in [-0.1, -0.05) is 0 Å². The zero-order chi connectivity index (χ0) is 17.2. The highest BCUT2D eigenvalue weighted by molar-refractivity contribution is 5.72. The minimum atomic E-state index is -0.517. The minimum Gasteiger partial charge on any atom is -0.488 e. The number of aryl methyl sites for hydroxylation is 1. The third kappa shape index (κ3) is 4.68. The van der Waals surface area contributed by atoms with Crippen molar-refractivity contribution in [3.05, 3.63) is 23.5 Å². The first-order valence-corrected chi connectivity index (χ1v) is 7.78. The van der Waals surface area contributed by atoms with E-state index >= 15 is 0 Å². The lowest BCUT2D eigenvalue weighted by molar-refractivity contribution is 0.0224. The number of hydrogen-bond donors (Lipinski definition) is 0. The minimum absolute atomic E-state index is 0.0447. The molecule has 0 aliphatic carbocycles. The molecule has 0 aromatic carbocycles. The molecule has 23 heavy (non-hydrogen) atoms. The molecule has 1 amide bonds. The van der Waals surface area contributed by atoms with E-state index in [2.05, 4.69) is 4.98 Å². The molecule has 2 rings (SSSR count). The van der Waals surface area contributed by atoms with Crippen LogP contribution in [-0.2, 0) is 4.74 Å². The van der Waals surface area contributed by atoms with Crippen molar-refractivity contribution in [2.24, 2.45) is 0 Å². The van der Waals surface area contributed by atoms with Gasteiger partial charge in [-0.2, -0.15) is 0 Å². The third-order valence-corrected chi connectivity index (χ3v) is 3.53. The Balaban J connectivity index is 2.03. The lowest BCUT2D eigenvalue weighted by Gasteiger charge is -2.26. The van der Waals surface area contributed by atoms with E-state index in [4.69, 9.17) is 9.47 Å². The number of nitrogens with zero attached hydrogens (tertiary/aromatic N) is 2. The molecule has 2 atom stereocenters. The summed E-state index contributed by atoms with van der Waals surface area (Å²) in [6, 6.07) is 3.44. The summed E-state index contributed by atoms with van der Waals surface area (Å²) in [5.74, 6) is 0.600. The molecular weight excluding hydrogens is 296 g/mol. The van der Waals surface area contributed by atoms with Gasteiger partial charge in [0.1, 0.15) is 23.1 Å². The molecule has 0 N–H and O–H groups in total. The Hall–Kier alpha value is -2.11. The van der Waals surface area contributed by atoms with Crippen LogP contribution in [0.1, 0.15) is 50.3 Å². The van der Waals surface area contributed by atoms with Gasteiger partial charge in [0.15, 0.2) is 6.29 Å². The number of carbonyl (C=O) groups is 2. The van der Waals surface area contributed by atoms with Gasteiger partial charge in [0, 0.05) is 30.3 Å². The number of pyridine rings is 1. The highest BCUT2D eigenvalue weighted by Gasteiger charge is 2.36. The number of carbonyl (C=O) groups excluding carboxylic acids is 2. The number of hydrogen-bond acceptors (Lipinski definition) is 5. The quantitative estimate of drug-likeness (QED) is 0.801. The Labute approximate surface area is 136 Å². The van der Waals surface area contributed by atoms with E-state index in [9.17, 15) is 9.59 Å². The fraction of sp³-hybridized carbons (Fsp3) is 0.588. The predicted octanol–water partition coefficient (Wildman–Crippen LogP) is 2.98. The summed E-state index contributed by atoms with van der Waals surface area (Å²) >= 11 is 0. The summed E-state index contributed by atoms with van der Waals surface area (Å²) in [6.45, 7) is 9.79. The average molecular weight is 320 g/mol. The van der Waals surface area contributed by atoms with E-state index in [0.717, 1.165) is 12.1 Å². The summed E-state index contributed by atoms with van der Waals surface area (Å²) in [6.07, 6.45) is 0.968. The van der Waals surface area contributed by atoms with Crippen LogP contribution < -0.4 is 4.74 Å². The first kappa shape index (κ1) is 17.2. The number of likely N-dealkylation sites (tertiary alicyclic amines) is 1. The number of amides is 1. The van der Waals surface area contributed by atoms with Crippen molar-refractivity contribution in [1.29, 1.82) is 0 Å². The number of rotatable bonds is 3. The predicted molar refractivity (Wildman–Crippen MR) is 85.8 cm³/mol. The molecule has 0 bridgehead atoms. The normalized spacial score (nSPS) is 21.2. The molecule has 0 saturated carbocycles. The Morgan fingerprint density at radius 1 is 1.39 bits per heavy atom. The Morgan fingerprint density at radius 2 is 2.09 bits per heavy atom. The maximum atomic E-state index is 12.2. The summed E-state index contributed by atoms with van der Waals surface area (Å²) in [5, 5.41) is 0. The fourth-order valence-corrected chi connectivity index (χ4v) is 2.62. The van der Waals surface area contributed by atoms with Crippen LogP contribution in [0.25, 0.3) is 0 Å². The van der Waals surface area contributed by atoms with E-state index in [0.29, 0.717) is 24.3 Å². The third-order valence-electron chi connectivity index (χ3n) is 3.53. The monoisotopic (exact) mass is 320 g/mol. The van der Waals surface area contributed by atoms with Gasteiger partial charge in [-0.3, -0.25) is 9.78 Å². The van der Waals surface area contributed by atoms with Crippen LogP contribution in [0.2, 0.25) is 0 Å². The lowest BCUT2D eigenvalue weighted by Crippen LogP contribution is -2.39. The van der Waals surface area contributed by atoms with Crippen LogP contribution >= 0.6 is 0 Å². The highest BCUT2D eigenvalue weighted by atomic mass is 16.6. The zero-order valence-electron chi connectivity index (χ0n) is 14.3. The molecule has 1 aromatic heterocycles. The van der Waals surface area contributed by atoms with Crippen molar-refractivity contribution in [3.8, 4) is 5.75 Å². The Kier molecular flexibility index (Phi) is 4.92. The number of aldehydes is 1. The molecule has 0 radical (unpaired) electrons. The molecule has 0 spiro atoms. The van der Waals surface area contributed by atoms with Gasteiger partial charge >= 0.3 is 6.09 Å². The second kappa shape index (κ2) is 6.56. The summed E-state index contributed by atoms with van der Waals surface area (Å²) in [4.78, 5) is 28.9. The highest BCUT2D eigenvalue weighted by Crippen LogP contribution is 2.25. The molecule has 1 saturated heterocycles. The topological polar surface area (TPSA) is 68.7 Å². The number of ether oxygens (including phenoxy) is 2. The summed E-state index contributed by atoms with van der Waals surface area (Å²) in [7, 11) is 0. The van der Waals surface area contributed by atoms with Crippen LogP contribution in [0.3, 0.4) is 0 Å². The van der Waals surface area contributed by atoms with E-state index in [-0.39, 0.29) is 18.2 Å². The average Bonchev–Trinajstić information content (AvgIpc) is 2.77. The molecule has 1 fully saturated rings. The Bertz CT molecular complexity index is 595. The molecule has 2 heterocycles. The van der Waals surface area contributed by atoms with Gasteiger partial charge in [0.2, 0.25) is 0 Å². The SMILES string of the molecule is Cc1cc(O[C@@H]2C[C@H](C)N(C(=O)OC(C)(C)C)C2)cc(C=O)n1. The molecule has 1 aliphatic rings. The second-order valence-corrected chi connectivity index (χ2v) is 6.94. The van der Waals surface area contributed by atoms with Crippen molar-refractivity contribution in [2.75, 3.05) is 6.54 Å². The van der Waals surface area contributed by atoms with Gasteiger partial charge in [0.05, 0.1) is 6.54 Å². The molecule has 1 aliphatic heterocycles. The van der Waals surface area contributed by atoms with Crippen LogP contribution in [0.15, 0.2) is 12.1 Å². The lowest BCUT2D eigenvalue weighted by atomic mass is 10.2. The molecule has 126 valence electrons. The van der Waals surface area contributed by atoms with Crippen molar-refractivity contribution < 1.29 is 19.1 Å². The van der Waals surface area contributed by atoms with Crippen molar-refractivity contribution in [2.45, 2.75) is 58.8 Å². The summed E-state index contributed by atoms with van der Waals surface area (Å²) in [5.41, 5.74) is 0.547. The van der Waals surface area contributed by atoms with Gasteiger partial charge in [-0.25, -0.2) is 4.79 Å². The fourth-order valence-electron chi connectivity index (χ4n) is 2.62. The summed E-state index contributed by atoms with van der Waals surface area (Å²) < 4.78 is 11.4. The van der Waals surface area contributed by atoms with E-state index in [1.165, 1.54) is 0 Å². The van der Waals surface area contributed by atoms with Crippen molar-refractivity contribution in [1.82, 2.24) is 9.88 Å². The van der Waals surface area contributed by atoms with E-state index < -0.39 is 5.60 Å². The molecule has 0 unspecified atom stereocenters. The van der Waals surface area contributed by atoms with Gasteiger partial charge in [0.25, 0.3) is 0 Å². The molecule has 6 nitrogen and oxygen atoms in total. The van der Waals surface area contributed by atoms with Gasteiger partial charge in [-0.05, 0) is 34.6 Å². The van der Waals surface area contributed by atoms with Crippen LogP contribution in [0.4, 0.5) is 4.79 Å². The standard InChI is InChI=1S/C17H24N2O4/c1-11-6-14(8-13(10-20)18-11)22-15-7-12(2)19(9-15)16(21)23-17(3,4)5/h6,8,10,12,15H,7,9H2,1-5H3/t12-,15+/m0/s1. The zero-order valence-corrected chi connectivity index (χ0v) is 14.3. The van der Waals surface area contributed by atoms with Crippen LogP contribution in [0, 0.1) is 6.92 Å². The first-order valence-electron chi connectivity index (χ1n) is 7.78.